The third kappa shape index (κ3) is 7.09. The van der Waals surface area contributed by atoms with Crippen molar-refractivity contribution in [3.05, 3.63) is 28.8 Å². The minimum absolute atomic E-state index is 0. The molecule has 1 aromatic rings. The van der Waals surface area contributed by atoms with Gasteiger partial charge < -0.3 is 20.7 Å². The van der Waals surface area contributed by atoms with Crippen LogP contribution in [0.5, 0.6) is 0 Å². The van der Waals surface area contributed by atoms with Crippen molar-refractivity contribution in [2.75, 3.05) is 39.2 Å². The highest BCUT2D eigenvalue weighted by molar-refractivity contribution is 6.34. The first kappa shape index (κ1) is 20.7. The molecule has 0 fully saturated rings. The lowest BCUT2D eigenvalue weighted by Crippen LogP contribution is -2.27. The molecule has 22 heavy (non-hydrogen) atoms. The summed E-state index contributed by atoms with van der Waals surface area (Å²) >= 11 is 6.07. The summed E-state index contributed by atoms with van der Waals surface area (Å²) in [7, 11) is 3.34. The number of rotatable bonds is 8. The number of amides is 2. The van der Waals surface area contributed by atoms with E-state index in [0.717, 1.165) is 0 Å². The summed E-state index contributed by atoms with van der Waals surface area (Å²) in [6, 6.07) is 4.79. The largest absolute Gasteiger partial charge is 0.383 e. The average molecular weight is 350 g/mol. The number of anilines is 1. The quantitative estimate of drug-likeness (QED) is 0.624. The molecule has 1 aromatic carbocycles. The molecule has 0 heterocycles. The maximum absolute atomic E-state index is 11.9. The van der Waals surface area contributed by atoms with Gasteiger partial charge in [0.1, 0.15) is 0 Å². The van der Waals surface area contributed by atoms with E-state index in [1.165, 1.54) is 0 Å². The first-order valence-corrected chi connectivity index (χ1v) is 6.97. The standard InChI is InChI=1S/C14H20ClN3O3.ClH/c1-16-6-5-13(19)18-10-3-4-11(12(15)9-10)14(20)17-7-8-21-2;/h3-4,9,16H,5-8H2,1-2H3,(H,17,20)(H,18,19);1H. The van der Waals surface area contributed by atoms with Gasteiger partial charge in [-0.15, -0.1) is 12.4 Å². The lowest BCUT2D eigenvalue weighted by Gasteiger charge is -2.09. The van der Waals surface area contributed by atoms with Crippen LogP contribution in [0.2, 0.25) is 5.02 Å². The van der Waals surface area contributed by atoms with Crippen LogP contribution in [0.3, 0.4) is 0 Å². The molecule has 0 spiro atoms. The SMILES string of the molecule is CNCCC(=O)Nc1ccc(C(=O)NCCOC)c(Cl)c1.Cl. The molecule has 0 atom stereocenters. The molecule has 0 saturated heterocycles. The number of methoxy groups -OCH3 is 1. The van der Waals surface area contributed by atoms with Crippen molar-refractivity contribution in [2.45, 2.75) is 6.42 Å². The summed E-state index contributed by atoms with van der Waals surface area (Å²) in [6.45, 7) is 1.44. The van der Waals surface area contributed by atoms with Crippen LogP contribution in [-0.2, 0) is 9.53 Å². The predicted molar refractivity (Wildman–Crippen MR) is 90.1 cm³/mol. The molecule has 0 aliphatic carbocycles. The molecule has 0 aliphatic rings. The van der Waals surface area contributed by atoms with Crippen LogP contribution in [0.15, 0.2) is 18.2 Å². The summed E-state index contributed by atoms with van der Waals surface area (Å²) < 4.78 is 4.85. The summed E-state index contributed by atoms with van der Waals surface area (Å²) in [5.41, 5.74) is 0.926. The molecular formula is C14H21Cl2N3O3. The second-order valence-corrected chi connectivity index (χ2v) is 4.75. The van der Waals surface area contributed by atoms with Crippen molar-refractivity contribution >= 4 is 41.5 Å². The average Bonchev–Trinajstić information content (AvgIpc) is 2.45. The van der Waals surface area contributed by atoms with Crippen LogP contribution < -0.4 is 16.0 Å². The lowest BCUT2D eigenvalue weighted by molar-refractivity contribution is -0.116. The molecule has 0 unspecified atom stereocenters. The molecule has 1 rings (SSSR count). The van der Waals surface area contributed by atoms with Crippen LogP contribution in [0.1, 0.15) is 16.8 Å². The van der Waals surface area contributed by atoms with Crippen LogP contribution >= 0.6 is 24.0 Å². The van der Waals surface area contributed by atoms with Gasteiger partial charge in [-0.3, -0.25) is 9.59 Å². The second-order valence-electron chi connectivity index (χ2n) is 4.35. The summed E-state index contributed by atoms with van der Waals surface area (Å²) in [5.74, 6) is -0.386. The maximum Gasteiger partial charge on any atom is 0.252 e. The fourth-order valence-corrected chi connectivity index (χ4v) is 1.87. The number of hydrogen-bond donors (Lipinski definition) is 3. The highest BCUT2D eigenvalue weighted by Crippen LogP contribution is 2.21. The van der Waals surface area contributed by atoms with Crippen LogP contribution in [0, 0.1) is 0 Å². The molecule has 124 valence electrons. The van der Waals surface area contributed by atoms with Gasteiger partial charge in [0.2, 0.25) is 5.91 Å². The molecule has 0 bridgehead atoms. The molecule has 0 aromatic heterocycles. The van der Waals surface area contributed by atoms with Crippen molar-refractivity contribution in [2.24, 2.45) is 0 Å². The zero-order valence-corrected chi connectivity index (χ0v) is 14.1. The summed E-state index contributed by atoms with van der Waals surface area (Å²) in [4.78, 5) is 23.5. The molecule has 0 aliphatic heterocycles. The Morgan fingerprint density at radius 3 is 2.59 bits per heavy atom. The van der Waals surface area contributed by atoms with Crippen molar-refractivity contribution in [3.8, 4) is 0 Å². The van der Waals surface area contributed by atoms with E-state index >= 15 is 0 Å². The highest BCUT2D eigenvalue weighted by atomic mass is 35.5. The number of hydrogen-bond acceptors (Lipinski definition) is 4. The van der Waals surface area contributed by atoms with Gasteiger partial charge in [-0.25, -0.2) is 0 Å². The van der Waals surface area contributed by atoms with E-state index in [9.17, 15) is 9.59 Å². The van der Waals surface area contributed by atoms with Gasteiger partial charge in [-0.1, -0.05) is 11.6 Å². The normalized spacial score (nSPS) is 9.77. The number of ether oxygens (including phenoxy) is 1. The Kier molecular flexibility index (Phi) is 10.6. The number of nitrogens with one attached hydrogen (secondary N) is 3. The Bertz CT molecular complexity index is 498. The van der Waals surface area contributed by atoms with E-state index in [0.29, 0.717) is 37.4 Å². The smallest absolute Gasteiger partial charge is 0.252 e. The molecule has 3 N–H and O–H groups in total. The fraction of sp³-hybridized carbons (Fsp3) is 0.429. The predicted octanol–water partition coefficient (Wildman–Crippen LogP) is 1.69. The van der Waals surface area contributed by atoms with Crippen LogP contribution in [0.4, 0.5) is 5.69 Å². The number of carbonyl (C=O) groups is 2. The van der Waals surface area contributed by atoms with E-state index in [-0.39, 0.29) is 29.2 Å². The Morgan fingerprint density at radius 1 is 1.27 bits per heavy atom. The highest BCUT2D eigenvalue weighted by Gasteiger charge is 2.11. The van der Waals surface area contributed by atoms with Gasteiger partial charge in [0.15, 0.2) is 0 Å². The molecule has 2 amide bonds. The van der Waals surface area contributed by atoms with Gasteiger partial charge in [-0.05, 0) is 25.2 Å². The number of benzene rings is 1. The van der Waals surface area contributed by atoms with Gasteiger partial charge in [0.25, 0.3) is 5.91 Å². The summed E-state index contributed by atoms with van der Waals surface area (Å²) in [5, 5.41) is 8.59. The third-order valence-corrected chi connectivity index (χ3v) is 3.00. The Morgan fingerprint density at radius 2 is 2.00 bits per heavy atom. The maximum atomic E-state index is 11.9. The van der Waals surface area contributed by atoms with Gasteiger partial charge >= 0.3 is 0 Å². The van der Waals surface area contributed by atoms with E-state index in [4.69, 9.17) is 16.3 Å². The third-order valence-electron chi connectivity index (χ3n) is 2.69. The van der Waals surface area contributed by atoms with E-state index in [2.05, 4.69) is 16.0 Å². The van der Waals surface area contributed by atoms with Crippen LogP contribution in [0.25, 0.3) is 0 Å². The first-order valence-electron chi connectivity index (χ1n) is 6.59. The fourth-order valence-electron chi connectivity index (χ4n) is 1.60. The summed E-state index contributed by atoms with van der Waals surface area (Å²) in [6.07, 6.45) is 0.368. The Balaban J connectivity index is 0.00000441. The minimum atomic E-state index is -0.273. The first-order chi connectivity index (χ1) is 10.1. The van der Waals surface area contributed by atoms with E-state index < -0.39 is 0 Å². The number of carbonyl (C=O) groups excluding carboxylic acids is 2. The molecule has 0 saturated carbocycles. The van der Waals surface area contributed by atoms with Crippen molar-refractivity contribution in [3.63, 3.8) is 0 Å². The van der Waals surface area contributed by atoms with Crippen LogP contribution in [-0.4, -0.2) is 45.7 Å². The monoisotopic (exact) mass is 349 g/mol. The molecule has 6 nitrogen and oxygen atoms in total. The van der Waals surface area contributed by atoms with Gasteiger partial charge in [0.05, 0.1) is 17.2 Å². The minimum Gasteiger partial charge on any atom is -0.383 e. The Labute approximate surface area is 141 Å². The molecular weight excluding hydrogens is 329 g/mol. The lowest BCUT2D eigenvalue weighted by atomic mass is 10.2. The van der Waals surface area contributed by atoms with Crippen molar-refractivity contribution < 1.29 is 14.3 Å². The number of halogens is 2. The van der Waals surface area contributed by atoms with E-state index in [1.807, 2.05) is 0 Å². The Hall–Kier alpha value is -1.34. The van der Waals surface area contributed by atoms with E-state index in [1.54, 1.807) is 32.4 Å². The van der Waals surface area contributed by atoms with Gasteiger partial charge in [-0.2, -0.15) is 0 Å². The zero-order chi connectivity index (χ0) is 15.7. The van der Waals surface area contributed by atoms with Crippen molar-refractivity contribution in [1.29, 1.82) is 0 Å². The van der Waals surface area contributed by atoms with Gasteiger partial charge in [0, 0.05) is 32.3 Å². The topological polar surface area (TPSA) is 79.5 Å². The van der Waals surface area contributed by atoms with Crippen molar-refractivity contribution in [1.82, 2.24) is 10.6 Å². The zero-order valence-electron chi connectivity index (χ0n) is 12.6. The molecule has 0 radical (unpaired) electrons. The second kappa shape index (κ2) is 11.3. The molecule has 8 heteroatoms.